The molecule has 0 aliphatic rings. The Kier molecular flexibility index (Phi) is 6.14. The molecule has 1 unspecified atom stereocenters. The quantitative estimate of drug-likeness (QED) is 0.635. The molecule has 0 fully saturated rings. The van der Waals surface area contributed by atoms with Crippen molar-refractivity contribution < 1.29 is 0 Å². The van der Waals surface area contributed by atoms with Gasteiger partial charge in [-0.2, -0.15) is 0 Å². The number of nitrogens with one attached hydrogen (secondary N) is 2. The monoisotopic (exact) mass is 314 g/mol. The lowest BCUT2D eigenvalue weighted by Gasteiger charge is -2.16. The third kappa shape index (κ3) is 4.81. The lowest BCUT2D eigenvalue weighted by atomic mass is 10.2. The average molecular weight is 314 g/mol. The number of aromatic nitrogens is 3. The number of imidazole rings is 1. The van der Waals surface area contributed by atoms with Gasteiger partial charge in [0.05, 0.1) is 6.54 Å². The first-order valence-electron chi connectivity index (χ1n) is 8.14. The van der Waals surface area contributed by atoms with E-state index in [1.165, 1.54) is 0 Å². The van der Waals surface area contributed by atoms with Gasteiger partial charge in [-0.15, -0.1) is 0 Å². The van der Waals surface area contributed by atoms with Gasteiger partial charge in [0.2, 0.25) is 0 Å². The van der Waals surface area contributed by atoms with Crippen molar-refractivity contribution in [2.75, 3.05) is 6.54 Å². The molecule has 6 heteroatoms. The summed E-state index contributed by atoms with van der Waals surface area (Å²) in [5, 5.41) is 6.65. The zero-order valence-corrected chi connectivity index (χ0v) is 14.4. The highest BCUT2D eigenvalue weighted by Gasteiger charge is 2.04. The number of nitrogens with zero attached hydrogens (tertiary/aromatic N) is 4. The predicted molar refractivity (Wildman–Crippen MR) is 93.8 cm³/mol. The number of guanidine groups is 1. The largest absolute Gasteiger partial charge is 0.357 e. The third-order valence-corrected chi connectivity index (χ3v) is 3.64. The molecular weight excluding hydrogens is 288 g/mol. The molecule has 0 saturated heterocycles. The molecule has 2 rings (SSSR count). The summed E-state index contributed by atoms with van der Waals surface area (Å²) in [5.41, 5.74) is 1.08. The molecule has 0 aromatic carbocycles. The van der Waals surface area contributed by atoms with Gasteiger partial charge >= 0.3 is 0 Å². The van der Waals surface area contributed by atoms with Gasteiger partial charge in [-0.1, -0.05) is 13.0 Å². The lowest BCUT2D eigenvalue weighted by molar-refractivity contribution is 0.624. The Morgan fingerprint density at radius 2 is 2.13 bits per heavy atom. The Morgan fingerprint density at radius 3 is 2.70 bits per heavy atom. The van der Waals surface area contributed by atoms with Crippen LogP contribution in [-0.4, -0.2) is 33.1 Å². The van der Waals surface area contributed by atoms with E-state index in [1.54, 1.807) is 6.20 Å². The maximum atomic E-state index is 4.62. The maximum Gasteiger partial charge on any atom is 0.191 e. The summed E-state index contributed by atoms with van der Waals surface area (Å²) in [6, 6.07) is 4.45. The standard InChI is InChI=1S/C17H26N6/c1-5-13(3)22-17(18-6-2)21-12-15-7-8-16(20-11-15)23-10-9-19-14(23)4/h7-11,13H,5-6,12H2,1-4H3,(H2,18,21,22). The van der Waals surface area contributed by atoms with Crippen molar-refractivity contribution in [1.29, 1.82) is 0 Å². The molecular formula is C17H26N6. The molecule has 124 valence electrons. The van der Waals surface area contributed by atoms with Crippen LogP contribution in [0.15, 0.2) is 35.7 Å². The average Bonchev–Trinajstić information content (AvgIpc) is 2.99. The molecule has 0 radical (unpaired) electrons. The molecule has 0 amide bonds. The van der Waals surface area contributed by atoms with Crippen molar-refractivity contribution >= 4 is 5.96 Å². The molecule has 2 aromatic rings. The number of aliphatic imine (C=N–C) groups is 1. The van der Waals surface area contributed by atoms with Crippen LogP contribution in [0.1, 0.15) is 38.6 Å². The highest BCUT2D eigenvalue weighted by molar-refractivity contribution is 5.80. The van der Waals surface area contributed by atoms with Crippen molar-refractivity contribution in [3.05, 3.63) is 42.1 Å². The van der Waals surface area contributed by atoms with E-state index in [1.807, 2.05) is 30.0 Å². The number of rotatable bonds is 6. The minimum Gasteiger partial charge on any atom is -0.357 e. The third-order valence-electron chi connectivity index (χ3n) is 3.64. The van der Waals surface area contributed by atoms with Crippen molar-refractivity contribution in [2.45, 2.75) is 46.7 Å². The molecule has 2 heterocycles. The van der Waals surface area contributed by atoms with E-state index in [2.05, 4.69) is 52.4 Å². The number of pyridine rings is 1. The predicted octanol–water partition coefficient (Wildman–Crippen LogP) is 2.43. The van der Waals surface area contributed by atoms with Crippen LogP contribution in [0.3, 0.4) is 0 Å². The second-order valence-corrected chi connectivity index (χ2v) is 5.52. The Hall–Kier alpha value is -2.37. The van der Waals surface area contributed by atoms with Crippen LogP contribution in [0.5, 0.6) is 0 Å². The molecule has 2 aromatic heterocycles. The SMILES string of the molecule is CCNC(=NCc1ccc(-n2ccnc2C)nc1)NC(C)CC. The molecule has 0 aliphatic heterocycles. The Labute approximate surface area is 138 Å². The van der Waals surface area contributed by atoms with Gasteiger partial charge in [0.15, 0.2) is 5.96 Å². The summed E-state index contributed by atoms with van der Waals surface area (Å²) in [7, 11) is 0. The Bertz CT molecular complexity index is 629. The fraction of sp³-hybridized carbons (Fsp3) is 0.471. The zero-order chi connectivity index (χ0) is 16.7. The van der Waals surface area contributed by atoms with Crippen molar-refractivity contribution in [3.8, 4) is 5.82 Å². The molecule has 2 N–H and O–H groups in total. The minimum atomic E-state index is 0.400. The van der Waals surface area contributed by atoms with Crippen LogP contribution in [-0.2, 0) is 6.54 Å². The summed E-state index contributed by atoms with van der Waals surface area (Å²) < 4.78 is 1.96. The highest BCUT2D eigenvalue weighted by Crippen LogP contribution is 2.09. The summed E-state index contributed by atoms with van der Waals surface area (Å²) in [4.78, 5) is 13.3. The van der Waals surface area contributed by atoms with Gasteiger partial charge < -0.3 is 10.6 Å². The lowest BCUT2D eigenvalue weighted by Crippen LogP contribution is -2.41. The molecule has 0 bridgehead atoms. The van der Waals surface area contributed by atoms with Gasteiger partial charge in [0.25, 0.3) is 0 Å². The van der Waals surface area contributed by atoms with Crippen LogP contribution in [0.4, 0.5) is 0 Å². The smallest absolute Gasteiger partial charge is 0.191 e. The fourth-order valence-corrected chi connectivity index (χ4v) is 2.10. The van der Waals surface area contributed by atoms with E-state index in [0.717, 1.165) is 36.1 Å². The second-order valence-electron chi connectivity index (χ2n) is 5.52. The van der Waals surface area contributed by atoms with Gasteiger partial charge in [-0.05, 0) is 38.8 Å². The van der Waals surface area contributed by atoms with E-state index in [9.17, 15) is 0 Å². The van der Waals surface area contributed by atoms with Gasteiger partial charge in [0, 0.05) is 31.2 Å². The molecule has 0 saturated carbocycles. The normalized spacial score (nSPS) is 13.0. The number of hydrogen-bond donors (Lipinski definition) is 2. The van der Waals surface area contributed by atoms with E-state index < -0.39 is 0 Å². The minimum absolute atomic E-state index is 0.400. The zero-order valence-electron chi connectivity index (χ0n) is 14.4. The molecule has 1 atom stereocenters. The van der Waals surface area contributed by atoms with E-state index >= 15 is 0 Å². The molecule has 0 spiro atoms. The van der Waals surface area contributed by atoms with Crippen LogP contribution >= 0.6 is 0 Å². The molecule has 0 aliphatic carbocycles. The first-order chi connectivity index (χ1) is 11.1. The molecule has 23 heavy (non-hydrogen) atoms. The van der Waals surface area contributed by atoms with Gasteiger partial charge in [0.1, 0.15) is 11.6 Å². The first-order valence-corrected chi connectivity index (χ1v) is 8.14. The fourth-order valence-electron chi connectivity index (χ4n) is 2.10. The summed E-state index contributed by atoms with van der Waals surface area (Å²) >= 11 is 0. The van der Waals surface area contributed by atoms with Crippen molar-refractivity contribution in [2.24, 2.45) is 4.99 Å². The van der Waals surface area contributed by atoms with E-state index in [-0.39, 0.29) is 0 Å². The topological polar surface area (TPSA) is 67.1 Å². The van der Waals surface area contributed by atoms with Crippen molar-refractivity contribution in [1.82, 2.24) is 25.2 Å². The highest BCUT2D eigenvalue weighted by atomic mass is 15.2. The summed E-state index contributed by atoms with van der Waals surface area (Å²) in [5.74, 6) is 2.64. The maximum absolute atomic E-state index is 4.62. The van der Waals surface area contributed by atoms with Crippen LogP contribution in [0, 0.1) is 6.92 Å². The second kappa shape index (κ2) is 8.31. The molecule has 6 nitrogen and oxygen atoms in total. The summed E-state index contributed by atoms with van der Waals surface area (Å²) in [6.07, 6.45) is 6.61. The summed E-state index contributed by atoms with van der Waals surface area (Å²) in [6.45, 7) is 9.78. The van der Waals surface area contributed by atoms with Gasteiger partial charge in [-0.3, -0.25) is 4.57 Å². The Morgan fingerprint density at radius 1 is 1.30 bits per heavy atom. The van der Waals surface area contributed by atoms with Crippen molar-refractivity contribution in [3.63, 3.8) is 0 Å². The first kappa shape index (κ1) is 17.0. The van der Waals surface area contributed by atoms with E-state index in [4.69, 9.17) is 0 Å². The van der Waals surface area contributed by atoms with Crippen LogP contribution < -0.4 is 10.6 Å². The van der Waals surface area contributed by atoms with Crippen LogP contribution in [0.25, 0.3) is 5.82 Å². The van der Waals surface area contributed by atoms with E-state index in [0.29, 0.717) is 12.6 Å². The number of aryl methyl sites for hydroxylation is 1. The van der Waals surface area contributed by atoms with Crippen LogP contribution in [0.2, 0.25) is 0 Å². The van der Waals surface area contributed by atoms with Gasteiger partial charge in [-0.25, -0.2) is 15.0 Å². The Balaban J connectivity index is 2.04. The number of hydrogen-bond acceptors (Lipinski definition) is 3.